The maximum Gasteiger partial charge on any atom is 0.141 e. The van der Waals surface area contributed by atoms with Crippen LogP contribution >= 0.6 is 11.3 Å². The van der Waals surface area contributed by atoms with Crippen LogP contribution in [0, 0.1) is 6.92 Å². The Morgan fingerprint density at radius 3 is 3.10 bits per heavy atom. The summed E-state index contributed by atoms with van der Waals surface area (Å²) in [6, 6.07) is 3.31. The van der Waals surface area contributed by atoms with Gasteiger partial charge in [-0.3, -0.25) is 0 Å². The number of hydrogen-bond donors (Lipinski definition) is 1. The van der Waals surface area contributed by atoms with Crippen molar-refractivity contribution in [1.82, 2.24) is 15.3 Å². The van der Waals surface area contributed by atoms with Crippen LogP contribution in [0.1, 0.15) is 31.6 Å². The second-order valence-corrected chi connectivity index (χ2v) is 7.06. The van der Waals surface area contributed by atoms with E-state index >= 15 is 0 Å². The number of anilines is 1. The van der Waals surface area contributed by atoms with E-state index in [1.165, 1.54) is 23.1 Å². The van der Waals surface area contributed by atoms with E-state index in [0.717, 1.165) is 23.7 Å². The number of rotatable bonds is 4. The smallest absolute Gasteiger partial charge is 0.141 e. The molecule has 1 aliphatic heterocycles. The third kappa shape index (κ3) is 2.65. The molecule has 2 aromatic rings. The Morgan fingerprint density at radius 1 is 1.45 bits per heavy atom. The number of hydrogen-bond acceptors (Lipinski definition) is 5. The van der Waals surface area contributed by atoms with Gasteiger partial charge in [0, 0.05) is 30.1 Å². The molecule has 0 radical (unpaired) electrons. The minimum atomic E-state index is 0.534. The van der Waals surface area contributed by atoms with Crippen molar-refractivity contribution < 1.29 is 0 Å². The van der Waals surface area contributed by atoms with Gasteiger partial charge in [-0.1, -0.05) is 13.8 Å². The van der Waals surface area contributed by atoms with E-state index in [-0.39, 0.29) is 0 Å². The maximum absolute atomic E-state index is 4.57. The van der Waals surface area contributed by atoms with Gasteiger partial charge in [0.2, 0.25) is 0 Å². The second-order valence-electron chi connectivity index (χ2n) is 5.83. The highest BCUT2D eigenvalue weighted by Crippen LogP contribution is 2.33. The average molecular weight is 290 g/mol. The molecule has 5 heteroatoms. The molecule has 3 rings (SSSR count). The first-order valence-corrected chi connectivity index (χ1v) is 8.18. The van der Waals surface area contributed by atoms with Gasteiger partial charge in [0.05, 0.1) is 5.39 Å². The standard InChI is InChI=1S/C15H22N4S/c1-10(2)16-8-12-5-4-6-19(12)14-13-7-11(3)20-15(13)18-9-17-14/h7,9-10,12,16H,4-6,8H2,1-3H3. The van der Waals surface area contributed by atoms with Gasteiger partial charge in [-0.25, -0.2) is 9.97 Å². The van der Waals surface area contributed by atoms with E-state index in [1.54, 1.807) is 17.7 Å². The lowest BCUT2D eigenvalue weighted by molar-refractivity contribution is 0.523. The molecule has 0 amide bonds. The first kappa shape index (κ1) is 13.8. The Hall–Kier alpha value is -1.20. The van der Waals surface area contributed by atoms with Gasteiger partial charge in [0.1, 0.15) is 17.0 Å². The van der Waals surface area contributed by atoms with E-state index in [2.05, 4.69) is 47.0 Å². The highest BCUT2D eigenvalue weighted by atomic mass is 32.1. The third-order valence-electron chi connectivity index (χ3n) is 3.84. The largest absolute Gasteiger partial charge is 0.352 e. The molecule has 0 bridgehead atoms. The van der Waals surface area contributed by atoms with Crippen molar-refractivity contribution in [2.45, 2.75) is 45.7 Å². The highest BCUT2D eigenvalue weighted by Gasteiger charge is 2.27. The molecular formula is C15H22N4S. The first-order chi connectivity index (χ1) is 9.65. The van der Waals surface area contributed by atoms with Crippen LogP contribution in [0.25, 0.3) is 10.2 Å². The topological polar surface area (TPSA) is 41.0 Å². The minimum absolute atomic E-state index is 0.534. The Morgan fingerprint density at radius 2 is 2.30 bits per heavy atom. The predicted molar refractivity (Wildman–Crippen MR) is 85.7 cm³/mol. The van der Waals surface area contributed by atoms with Crippen LogP contribution in [-0.2, 0) is 0 Å². The zero-order valence-electron chi connectivity index (χ0n) is 12.4. The van der Waals surface area contributed by atoms with E-state index < -0.39 is 0 Å². The Balaban J connectivity index is 1.89. The van der Waals surface area contributed by atoms with Gasteiger partial charge in [-0.05, 0) is 25.8 Å². The third-order valence-corrected chi connectivity index (χ3v) is 4.80. The van der Waals surface area contributed by atoms with Crippen LogP contribution in [0.5, 0.6) is 0 Å². The Bertz CT molecular complexity index is 593. The fraction of sp³-hybridized carbons (Fsp3) is 0.600. The fourth-order valence-corrected chi connectivity index (χ4v) is 3.73. The van der Waals surface area contributed by atoms with Crippen molar-refractivity contribution >= 4 is 27.4 Å². The molecule has 0 saturated carbocycles. The Labute approximate surface area is 124 Å². The second kappa shape index (κ2) is 5.66. The summed E-state index contributed by atoms with van der Waals surface area (Å²) in [5.41, 5.74) is 0. The van der Waals surface area contributed by atoms with Gasteiger partial charge in [-0.2, -0.15) is 0 Å². The molecule has 0 spiro atoms. The van der Waals surface area contributed by atoms with Gasteiger partial charge in [0.25, 0.3) is 0 Å². The molecule has 1 aliphatic rings. The van der Waals surface area contributed by atoms with E-state index in [0.29, 0.717) is 12.1 Å². The van der Waals surface area contributed by atoms with Crippen molar-refractivity contribution in [2.75, 3.05) is 18.0 Å². The molecule has 4 nitrogen and oxygen atoms in total. The number of fused-ring (bicyclic) bond motifs is 1. The lowest BCUT2D eigenvalue weighted by Gasteiger charge is -2.27. The summed E-state index contributed by atoms with van der Waals surface area (Å²) in [7, 11) is 0. The zero-order valence-corrected chi connectivity index (χ0v) is 13.2. The molecule has 3 heterocycles. The van der Waals surface area contributed by atoms with Crippen LogP contribution in [0.2, 0.25) is 0 Å². The van der Waals surface area contributed by atoms with Crippen molar-refractivity contribution in [3.05, 3.63) is 17.3 Å². The minimum Gasteiger partial charge on any atom is -0.352 e. The molecule has 0 aromatic carbocycles. The highest BCUT2D eigenvalue weighted by molar-refractivity contribution is 7.18. The molecular weight excluding hydrogens is 268 g/mol. The number of aryl methyl sites for hydroxylation is 1. The molecule has 1 atom stereocenters. The summed E-state index contributed by atoms with van der Waals surface area (Å²) in [6.45, 7) is 8.67. The van der Waals surface area contributed by atoms with Crippen LogP contribution < -0.4 is 10.2 Å². The van der Waals surface area contributed by atoms with Crippen LogP contribution in [-0.4, -0.2) is 35.1 Å². The van der Waals surface area contributed by atoms with Crippen molar-refractivity contribution in [1.29, 1.82) is 0 Å². The van der Waals surface area contributed by atoms with Crippen LogP contribution in [0.3, 0.4) is 0 Å². The summed E-state index contributed by atoms with van der Waals surface area (Å²) < 4.78 is 0. The van der Waals surface area contributed by atoms with Gasteiger partial charge in [0.15, 0.2) is 0 Å². The fourth-order valence-electron chi connectivity index (χ4n) is 2.89. The van der Waals surface area contributed by atoms with Gasteiger partial charge < -0.3 is 10.2 Å². The zero-order chi connectivity index (χ0) is 14.1. The molecule has 1 saturated heterocycles. The molecule has 20 heavy (non-hydrogen) atoms. The number of nitrogens with one attached hydrogen (secondary N) is 1. The van der Waals surface area contributed by atoms with Gasteiger partial charge in [-0.15, -0.1) is 11.3 Å². The first-order valence-electron chi connectivity index (χ1n) is 7.36. The number of nitrogens with zero attached hydrogens (tertiary/aromatic N) is 3. The normalized spacial score (nSPS) is 19.4. The number of aromatic nitrogens is 2. The predicted octanol–water partition coefficient (Wildman–Crippen LogP) is 2.97. The average Bonchev–Trinajstić information content (AvgIpc) is 3.00. The summed E-state index contributed by atoms with van der Waals surface area (Å²) in [5.74, 6) is 1.12. The molecule has 0 aliphatic carbocycles. The number of thiophene rings is 1. The van der Waals surface area contributed by atoms with Crippen molar-refractivity contribution in [2.24, 2.45) is 0 Å². The van der Waals surface area contributed by atoms with E-state index in [4.69, 9.17) is 0 Å². The molecule has 1 fully saturated rings. The Kier molecular flexibility index (Phi) is 3.89. The maximum atomic E-state index is 4.57. The SMILES string of the molecule is Cc1cc2c(N3CCCC3CNC(C)C)ncnc2s1. The van der Waals surface area contributed by atoms with E-state index in [9.17, 15) is 0 Å². The summed E-state index contributed by atoms with van der Waals surface area (Å²) in [5, 5.41) is 4.77. The van der Waals surface area contributed by atoms with Crippen molar-refractivity contribution in [3.8, 4) is 0 Å². The quantitative estimate of drug-likeness (QED) is 0.940. The summed E-state index contributed by atoms with van der Waals surface area (Å²) in [4.78, 5) is 13.8. The summed E-state index contributed by atoms with van der Waals surface area (Å²) >= 11 is 1.75. The summed E-state index contributed by atoms with van der Waals surface area (Å²) in [6.07, 6.45) is 4.20. The molecule has 1 unspecified atom stereocenters. The monoisotopic (exact) mass is 290 g/mol. The van der Waals surface area contributed by atoms with Crippen LogP contribution in [0.4, 0.5) is 5.82 Å². The van der Waals surface area contributed by atoms with Crippen molar-refractivity contribution in [3.63, 3.8) is 0 Å². The van der Waals surface area contributed by atoms with Crippen LogP contribution in [0.15, 0.2) is 12.4 Å². The van der Waals surface area contributed by atoms with E-state index in [1.807, 2.05) is 0 Å². The molecule has 2 aromatic heterocycles. The molecule has 108 valence electrons. The lowest BCUT2D eigenvalue weighted by atomic mass is 10.2. The molecule has 1 N–H and O–H groups in total. The van der Waals surface area contributed by atoms with Gasteiger partial charge >= 0.3 is 0 Å². The lowest BCUT2D eigenvalue weighted by Crippen LogP contribution is -2.40.